The molecule has 0 saturated carbocycles. The van der Waals surface area contributed by atoms with Crippen LogP contribution >= 0.6 is 11.3 Å². The second-order valence-electron chi connectivity index (χ2n) is 6.88. The normalized spacial score (nSPS) is 20.1. The molecule has 0 bridgehead atoms. The summed E-state index contributed by atoms with van der Waals surface area (Å²) in [6, 6.07) is 9.91. The van der Waals surface area contributed by atoms with Gasteiger partial charge in [0.2, 0.25) is 5.91 Å². The van der Waals surface area contributed by atoms with Gasteiger partial charge in [0.05, 0.1) is 23.2 Å². The van der Waals surface area contributed by atoms with E-state index < -0.39 is 0 Å². The van der Waals surface area contributed by atoms with Gasteiger partial charge in [0, 0.05) is 37.0 Å². The molecule has 140 valence electrons. The fraction of sp³-hybridized carbons (Fsp3) is 0.368. The van der Waals surface area contributed by atoms with E-state index >= 15 is 0 Å². The van der Waals surface area contributed by atoms with Crippen LogP contribution in [0, 0.1) is 6.92 Å². The lowest BCUT2D eigenvalue weighted by atomic mass is 10.0. The Hall–Kier alpha value is -2.58. The molecule has 0 aliphatic carbocycles. The Morgan fingerprint density at radius 1 is 1.33 bits per heavy atom. The number of aromatic nitrogens is 4. The van der Waals surface area contributed by atoms with Crippen LogP contribution in [0.25, 0.3) is 11.4 Å². The molecule has 8 heteroatoms. The molecule has 1 fully saturated rings. The van der Waals surface area contributed by atoms with Gasteiger partial charge in [-0.15, -0.1) is 11.3 Å². The van der Waals surface area contributed by atoms with Crippen molar-refractivity contribution < 1.29 is 4.79 Å². The third kappa shape index (κ3) is 3.91. The van der Waals surface area contributed by atoms with Gasteiger partial charge in [-0.1, -0.05) is 30.3 Å². The standard InChI is InChI=1S/C19H22N6OS/c1-12-17(27-11-20-12)10-25-8-15(16(9-25)21-13(2)26)19-22-18(23-24-19)14-6-4-3-5-7-14/h3-7,11,15-16H,8-10H2,1-2H3,(H,21,26)(H,22,23,24)/t15-,16-/m1/s1. The number of amides is 1. The number of carbonyl (C=O) groups is 1. The molecule has 1 aliphatic heterocycles. The maximum Gasteiger partial charge on any atom is 0.217 e. The number of hydrogen-bond acceptors (Lipinski definition) is 6. The highest BCUT2D eigenvalue weighted by Gasteiger charge is 2.36. The minimum atomic E-state index is -0.0244. The number of hydrogen-bond donors (Lipinski definition) is 2. The molecule has 1 amide bonds. The van der Waals surface area contributed by atoms with E-state index in [0.717, 1.165) is 36.7 Å². The van der Waals surface area contributed by atoms with Gasteiger partial charge in [0.1, 0.15) is 5.82 Å². The van der Waals surface area contributed by atoms with Gasteiger partial charge in [0.25, 0.3) is 0 Å². The minimum Gasteiger partial charge on any atom is -0.352 e. The molecule has 0 unspecified atom stereocenters. The summed E-state index contributed by atoms with van der Waals surface area (Å²) in [6.07, 6.45) is 0. The Balaban J connectivity index is 1.55. The number of nitrogens with zero attached hydrogens (tertiary/aromatic N) is 4. The van der Waals surface area contributed by atoms with E-state index in [1.54, 1.807) is 18.3 Å². The molecule has 2 aromatic heterocycles. The summed E-state index contributed by atoms with van der Waals surface area (Å²) in [5.41, 5.74) is 3.93. The van der Waals surface area contributed by atoms with Crippen molar-refractivity contribution in [1.29, 1.82) is 0 Å². The van der Waals surface area contributed by atoms with Crippen molar-refractivity contribution in [2.45, 2.75) is 32.4 Å². The third-order valence-corrected chi connectivity index (χ3v) is 5.80. The van der Waals surface area contributed by atoms with Crippen LogP contribution in [0.1, 0.15) is 29.2 Å². The van der Waals surface area contributed by atoms with Crippen molar-refractivity contribution in [2.75, 3.05) is 13.1 Å². The molecule has 0 spiro atoms. The third-order valence-electron chi connectivity index (χ3n) is 4.88. The number of thiazole rings is 1. The second kappa shape index (κ2) is 7.58. The molecular formula is C19H22N6OS. The van der Waals surface area contributed by atoms with Crippen LogP contribution < -0.4 is 5.32 Å². The van der Waals surface area contributed by atoms with Gasteiger partial charge in [0.15, 0.2) is 5.82 Å². The highest BCUT2D eigenvalue weighted by molar-refractivity contribution is 7.09. The quantitative estimate of drug-likeness (QED) is 0.707. The van der Waals surface area contributed by atoms with E-state index in [0.29, 0.717) is 5.82 Å². The van der Waals surface area contributed by atoms with E-state index in [-0.39, 0.29) is 17.9 Å². The highest BCUT2D eigenvalue weighted by atomic mass is 32.1. The Bertz CT molecular complexity index is 921. The molecule has 1 aromatic carbocycles. The molecular weight excluding hydrogens is 360 g/mol. The van der Waals surface area contributed by atoms with Gasteiger partial charge >= 0.3 is 0 Å². The first-order valence-electron chi connectivity index (χ1n) is 8.96. The highest BCUT2D eigenvalue weighted by Crippen LogP contribution is 2.29. The summed E-state index contributed by atoms with van der Waals surface area (Å²) < 4.78 is 0. The first-order valence-corrected chi connectivity index (χ1v) is 9.84. The summed E-state index contributed by atoms with van der Waals surface area (Å²) in [5, 5.41) is 10.6. The van der Waals surface area contributed by atoms with Crippen molar-refractivity contribution in [1.82, 2.24) is 30.4 Å². The molecule has 3 aromatic rings. The smallest absolute Gasteiger partial charge is 0.217 e. The Labute approximate surface area is 161 Å². The van der Waals surface area contributed by atoms with Crippen molar-refractivity contribution >= 4 is 17.2 Å². The van der Waals surface area contributed by atoms with Gasteiger partial charge in [-0.05, 0) is 6.92 Å². The lowest BCUT2D eigenvalue weighted by Crippen LogP contribution is -2.38. The zero-order valence-electron chi connectivity index (χ0n) is 15.3. The number of carbonyl (C=O) groups excluding carboxylic acids is 1. The van der Waals surface area contributed by atoms with Crippen LogP contribution in [0.15, 0.2) is 35.8 Å². The number of H-pyrrole nitrogens is 1. The predicted molar refractivity (Wildman–Crippen MR) is 104 cm³/mol. The predicted octanol–water partition coefficient (Wildman–Crippen LogP) is 2.34. The van der Waals surface area contributed by atoms with Gasteiger partial charge < -0.3 is 5.32 Å². The monoisotopic (exact) mass is 382 g/mol. The molecule has 3 heterocycles. The second-order valence-corrected chi connectivity index (χ2v) is 7.82. The van der Waals surface area contributed by atoms with E-state index in [2.05, 4.69) is 25.4 Å². The lowest BCUT2D eigenvalue weighted by molar-refractivity contribution is -0.119. The van der Waals surface area contributed by atoms with Crippen molar-refractivity contribution in [3.63, 3.8) is 0 Å². The molecule has 2 N–H and O–H groups in total. The van der Waals surface area contributed by atoms with Crippen molar-refractivity contribution in [3.05, 3.63) is 52.2 Å². The van der Waals surface area contributed by atoms with Gasteiger partial charge in [-0.25, -0.2) is 9.97 Å². The Morgan fingerprint density at radius 2 is 2.15 bits per heavy atom. The molecule has 27 heavy (non-hydrogen) atoms. The first kappa shape index (κ1) is 17.8. The summed E-state index contributed by atoms with van der Waals surface area (Å²) >= 11 is 1.67. The van der Waals surface area contributed by atoms with E-state index in [1.807, 2.05) is 42.8 Å². The van der Waals surface area contributed by atoms with E-state index in [1.165, 1.54) is 4.88 Å². The molecule has 1 aliphatic rings. The summed E-state index contributed by atoms with van der Waals surface area (Å²) in [4.78, 5) is 24.4. The maximum absolute atomic E-state index is 11.7. The van der Waals surface area contributed by atoms with E-state index in [4.69, 9.17) is 4.98 Å². The number of likely N-dealkylation sites (tertiary alicyclic amines) is 1. The minimum absolute atomic E-state index is 0.00676. The fourth-order valence-electron chi connectivity index (χ4n) is 3.54. The average Bonchev–Trinajstić information content (AvgIpc) is 3.37. The van der Waals surface area contributed by atoms with Crippen LogP contribution in [0.2, 0.25) is 0 Å². The maximum atomic E-state index is 11.7. The van der Waals surface area contributed by atoms with Crippen LogP contribution in [0.4, 0.5) is 0 Å². The molecule has 7 nitrogen and oxygen atoms in total. The summed E-state index contributed by atoms with van der Waals surface area (Å²) in [6.45, 7) is 6.02. The number of benzene rings is 1. The lowest BCUT2D eigenvalue weighted by Gasteiger charge is -2.16. The van der Waals surface area contributed by atoms with Crippen LogP contribution in [0.5, 0.6) is 0 Å². The van der Waals surface area contributed by atoms with Crippen molar-refractivity contribution in [3.8, 4) is 11.4 Å². The number of aromatic amines is 1. The molecule has 4 rings (SSSR count). The van der Waals surface area contributed by atoms with Gasteiger partial charge in [-0.3, -0.25) is 14.8 Å². The molecule has 0 radical (unpaired) electrons. The zero-order valence-corrected chi connectivity index (χ0v) is 16.2. The van der Waals surface area contributed by atoms with E-state index in [9.17, 15) is 4.79 Å². The van der Waals surface area contributed by atoms with Crippen LogP contribution in [-0.2, 0) is 11.3 Å². The average molecular weight is 382 g/mol. The Morgan fingerprint density at radius 3 is 2.85 bits per heavy atom. The molecule has 2 atom stereocenters. The van der Waals surface area contributed by atoms with Crippen LogP contribution in [-0.4, -0.2) is 50.1 Å². The van der Waals surface area contributed by atoms with Gasteiger partial charge in [-0.2, -0.15) is 5.10 Å². The topological polar surface area (TPSA) is 86.8 Å². The zero-order chi connectivity index (χ0) is 18.8. The number of rotatable bonds is 5. The number of aryl methyl sites for hydroxylation is 1. The fourth-order valence-corrected chi connectivity index (χ4v) is 4.35. The Kier molecular flexibility index (Phi) is 5.00. The SMILES string of the molecule is CC(=O)N[C@@H]1CN(Cc2scnc2C)C[C@H]1c1nc(-c2ccccc2)n[nH]1. The first-order chi connectivity index (χ1) is 13.1. The number of nitrogens with one attached hydrogen (secondary N) is 2. The van der Waals surface area contributed by atoms with Crippen LogP contribution in [0.3, 0.4) is 0 Å². The molecule has 1 saturated heterocycles. The summed E-state index contributed by atoms with van der Waals surface area (Å²) in [5.74, 6) is 1.55. The summed E-state index contributed by atoms with van der Waals surface area (Å²) in [7, 11) is 0. The largest absolute Gasteiger partial charge is 0.352 e. The van der Waals surface area contributed by atoms with Crippen molar-refractivity contribution in [2.24, 2.45) is 0 Å².